The van der Waals surface area contributed by atoms with E-state index in [1.165, 1.54) is 12.8 Å². The standard InChI is InChI=1S/C12H19N3/c1-8-7-11(14-9(2)13-8)15-12(3,4)10-5-6-10/h7,10H,5-6H2,1-4H3,(H,13,14,15). The summed E-state index contributed by atoms with van der Waals surface area (Å²) in [6, 6.07) is 2.01. The molecule has 0 amide bonds. The van der Waals surface area contributed by atoms with Gasteiger partial charge in [0.25, 0.3) is 0 Å². The van der Waals surface area contributed by atoms with Crippen molar-refractivity contribution in [2.45, 2.75) is 46.1 Å². The molecule has 0 atom stereocenters. The number of anilines is 1. The van der Waals surface area contributed by atoms with Crippen LogP contribution in [0.4, 0.5) is 5.82 Å². The SMILES string of the molecule is Cc1cc(NC(C)(C)C2CC2)nc(C)n1. The highest BCUT2D eigenvalue weighted by molar-refractivity contribution is 5.39. The summed E-state index contributed by atoms with van der Waals surface area (Å²) in [6.45, 7) is 8.43. The summed E-state index contributed by atoms with van der Waals surface area (Å²) in [5, 5.41) is 3.51. The van der Waals surface area contributed by atoms with E-state index in [9.17, 15) is 0 Å². The van der Waals surface area contributed by atoms with Gasteiger partial charge in [-0.05, 0) is 46.5 Å². The van der Waals surface area contributed by atoms with E-state index >= 15 is 0 Å². The fraction of sp³-hybridized carbons (Fsp3) is 0.667. The van der Waals surface area contributed by atoms with Gasteiger partial charge in [-0.1, -0.05) is 0 Å². The second-order valence-electron chi connectivity index (χ2n) is 5.06. The number of rotatable bonds is 3. The van der Waals surface area contributed by atoms with E-state index in [1.54, 1.807) is 0 Å². The van der Waals surface area contributed by atoms with E-state index in [1.807, 2.05) is 19.9 Å². The molecule has 1 aromatic heterocycles. The van der Waals surface area contributed by atoms with Gasteiger partial charge in [-0.3, -0.25) is 0 Å². The number of hydrogen-bond donors (Lipinski definition) is 1. The fourth-order valence-electron chi connectivity index (χ4n) is 2.02. The number of nitrogens with one attached hydrogen (secondary N) is 1. The topological polar surface area (TPSA) is 37.8 Å². The van der Waals surface area contributed by atoms with E-state index in [-0.39, 0.29) is 5.54 Å². The highest BCUT2D eigenvalue weighted by atomic mass is 15.1. The number of aryl methyl sites for hydroxylation is 2. The summed E-state index contributed by atoms with van der Waals surface area (Å²) < 4.78 is 0. The van der Waals surface area contributed by atoms with Crippen LogP contribution in [0.25, 0.3) is 0 Å². The van der Waals surface area contributed by atoms with Gasteiger partial charge in [-0.15, -0.1) is 0 Å². The Balaban J connectivity index is 2.16. The monoisotopic (exact) mass is 205 g/mol. The molecule has 0 bridgehead atoms. The van der Waals surface area contributed by atoms with Crippen molar-refractivity contribution in [3.05, 3.63) is 17.6 Å². The average molecular weight is 205 g/mol. The second kappa shape index (κ2) is 3.47. The van der Waals surface area contributed by atoms with Crippen LogP contribution in [0.1, 0.15) is 38.2 Å². The zero-order valence-electron chi connectivity index (χ0n) is 9.96. The van der Waals surface area contributed by atoms with Crippen molar-refractivity contribution in [1.29, 1.82) is 0 Å². The summed E-state index contributed by atoms with van der Waals surface area (Å²) in [5.41, 5.74) is 1.18. The maximum absolute atomic E-state index is 4.41. The highest BCUT2D eigenvalue weighted by Gasteiger charge is 2.37. The molecule has 3 heteroatoms. The van der Waals surface area contributed by atoms with Gasteiger partial charge in [0, 0.05) is 17.3 Å². The Bertz CT molecular complexity index is 347. The van der Waals surface area contributed by atoms with Crippen LogP contribution in [0.2, 0.25) is 0 Å². The maximum Gasteiger partial charge on any atom is 0.130 e. The minimum Gasteiger partial charge on any atom is -0.365 e. The first kappa shape index (κ1) is 10.4. The van der Waals surface area contributed by atoms with Crippen molar-refractivity contribution >= 4 is 5.82 Å². The van der Waals surface area contributed by atoms with Crippen molar-refractivity contribution in [3.8, 4) is 0 Å². The first-order chi connectivity index (χ1) is 6.97. The molecule has 0 saturated heterocycles. The molecule has 0 spiro atoms. The molecular weight excluding hydrogens is 186 g/mol. The second-order valence-corrected chi connectivity index (χ2v) is 5.06. The molecule has 1 aliphatic rings. The lowest BCUT2D eigenvalue weighted by Gasteiger charge is -2.27. The molecule has 2 rings (SSSR count). The molecule has 0 aromatic carbocycles. The number of aromatic nitrogens is 2. The third-order valence-electron chi connectivity index (χ3n) is 3.01. The van der Waals surface area contributed by atoms with Gasteiger partial charge in [-0.2, -0.15) is 0 Å². The Morgan fingerprint density at radius 2 is 1.93 bits per heavy atom. The van der Waals surface area contributed by atoms with Gasteiger partial charge in [-0.25, -0.2) is 9.97 Å². The Hall–Kier alpha value is -1.12. The molecule has 0 aliphatic heterocycles. The maximum atomic E-state index is 4.41. The number of hydrogen-bond acceptors (Lipinski definition) is 3. The van der Waals surface area contributed by atoms with Crippen molar-refractivity contribution in [2.24, 2.45) is 5.92 Å². The van der Waals surface area contributed by atoms with Crippen LogP contribution in [0.15, 0.2) is 6.07 Å². The van der Waals surface area contributed by atoms with Gasteiger partial charge in [0.2, 0.25) is 0 Å². The Kier molecular flexibility index (Phi) is 2.41. The number of nitrogens with zero attached hydrogens (tertiary/aromatic N) is 2. The minimum atomic E-state index is 0.160. The Morgan fingerprint density at radius 1 is 1.27 bits per heavy atom. The lowest BCUT2D eigenvalue weighted by Crippen LogP contribution is -2.33. The van der Waals surface area contributed by atoms with Crippen LogP contribution in [0.3, 0.4) is 0 Å². The average Bonchev–Trinajstić information content (AvgIpc) is 2.80. The quantitative estimate of drug-likeness (QED) is 0.824. The Morgan fingerprint density at radius 3 is 2.47 bits per heavy atom. The molecular formula is C12H19N3. The third kappa shape index (κ3) is 2.46. The predicted molar refractivity (Wildman–Crippen MR) is 61.9 cm³/mol. The predicted octanol–water partition coefficient (Wildman–Crippen LogP) is 2.69. The van der Waals surface area contributed by atoms with Gasteiger partial charge < -0.3 is 5.32 Å². The molecule has 3 nitrogen and oxygen atoms in total. The summed E-state index contributed by atoms with van der Waals surface area (Å²) in [5.74, 6) is 2.59. The Labute approximate surface area is 91.3 Å². The van der Waals surface area contributed by atoms with E-state index in [0.29, 0.717) is 0 Å². The summed E-state index contributed by atoms with van der Waals surface area (Å²) in [6.07, 6.45) is 2.67. The molecule has 0 radical (unpaired) electrons. The van der Waals surface area contributed by atoms with Crippen LogP contribution in [-0.4, -0.2) is 15.5 Å². The van der Waals surface area contributed by atoms with Gasteiger partial charge in [0.05, 0.1) is 0 Å². The largest absolute Gasteiger partial charge is 0.365 e. The summed E-state index contributed by atoms with van der Waals surface area (Å²) in [4.78, 5) is 8.68. The molecule has 0 unspecified atom stereocenters. The van der Waals surface area contributed by atoms with Crippen molar-refractivity contribution in [2.75, 3.05) is 5.32 Å². The zero-order chi connectivity index (χ0) is 11.1. The van der Waals surface area contributed by atoms with Crippen LogP contribution >= 0.6 is 0 Å². The van der Waals surface area contributed by atoms with Gasteiger partial charge >= 0.3 is 0 Å². The lowest BCUT2D eigenvalue weighted by atomic mass is 9.99. The van der Waals surface area contributed by atoms with Crippen molar-refractivity contribution in [1.82, 2.24) is 9.97 Å². The molecule has 82 valence electrons. The van der Waals surface area contributed by atoms with Gasteiger partial charge in [0.15, 0.2) is 0 Å². The molecule has 1 heterocycles. The first-order valence-corrected chi connectivity index (χ1v) is 5.58. The van der Waals surface area contributed by atoms with Gasteiger partial charge in [0.1, 0.15) is 11.6 Å². The molecule has 1 aromatic rings. The van der Waals surface area contributed by atoms with Crippen LogP contribution in [0, 0.1) is 19.8 Å². The third-order valence-corrected chi connectivity index (χ3v) is 3.01. The lowest BCUT2D eigenvalue weighted by molar-refractivity contribution is 0.492. The molecule has 1 aliphatic carbocycles. The summed E-state index contributed by atoms with van der Waals surface area (Å²) >= 11 is 0. The highest BCUT2D eigenvalue weighted by Crippen LogP contribution is 2.40. The van der Waals surface area contributed by atoms with E-state index in [2.05, 4.69) is 29.1 Å². The zero-order valence-corrected chi connectivity index (χ0v) is 9.96. The first-order valence-electron chi connectivity index (χ1n) is 5.58. The van der Waals surface area contributed by atoms with Crippen LogP contribution in [0.5, 0.6) is 0 Å². The molecule has 1 N–H and O–H groups in total. The molecule has 15 heavy (non-hydrogen) atoms. The normalized spacial score (nSPS) is 16.5. The van der Waals surface area contributed by atoms with Crippen molar-refractivity contribution < 1.29 is 0 Å². The fourth-order valence-corrected chi connectivity index (χ4v) is 2.02. The minimum absolute atomic E-state index is 0.160. The van der Waals surface area contributed by atoms with E-state index < -0.39 is 0 Å². The smallest absolute Gasteiger partial charge is 0.130 e. The van der Waals surface area contributed by atoms with Crippen molar-refractivity contribution in [3.63, 3.8) is 0 Å². The molecule has 1 saturated carbocycles. The van der Waals surface area contributed by atoms with Crippen LogP contribution < -0.4 is 5.32 Å². The molecule has 1 fully saturated rings. The summed E-state index contributed by atoms with van der Waals surface area (Å²) in [7, 11) is 0. The van der Waals surface area contributed by atoms with E-state index in [0.717, 1.165) is 23.3 Å². The van der Waals surface area contributed by atoms with E-state index in [4.69, 9.17) is 0 Å². The van der Waals surface area contributed by atoms with Crippen LogP contribution in [-0.2, 0) is 0 Å².